The fourth-order valence-electron chi connectivity index (χ4n) is 3.83. The van der Waals surface area contributed by atoms with Gasteiger partial charge in [-0.05, 0) is 74.3 Å². The molecule has 4 N–H and O–H groups in total. The number of hydrogen-bond acceptors (Lipinski definition) is 8. The minimum Gasteiger partial charge on any atom is -0.392 e. The normalized spacial score (nSPS) is 14.2. The summed E-state index contributed by atoms with van der Waals surface area (Å²) in [5.74, 6) is -0.592. The van der Waals surface area contributed by atoms with Crippen LogP contribution in [0.2, 0.25) is 0 Å². The third-order valence-electron chi connectivity index (χ3n) is 5.96. The van der Waals surface area contributed by atoms with E-state index in [4.69, 9.17) is 9.90 Å². The second-order valence-electron chi connectivity index (χ2n) is 9.21. The van der Waals surface area contributed by atoms with Crippen LogP contribution in [-0.4, -0.2) is 96.6 Å². The number of allylic oxidation sites excluding steroid dienone is 2. The zero-order valence-electron chi connectivity index (χ0n) is 27.1. The number of nitrogens with one attached hydrogen (secondary N) is 1. The first-order valence-corrected chi connectivity index (χ1v) is 14.0. The number of alkyl halides is 3. The maximum atomic E-state index is 13.4. The van der Waals surface area contributed by atoms with Gasteiger partial charge in [0.15, 0.2) is 5.69 Å². The largest absolute Gasteiger partial charge is 0.435 e. The Kier molecular flexibility index (Phi) is 22.0. The lowest BCUT2D eigenvalue weighted by Gasteiger charge is -2.22. The molecule has 1 aliphatic heterocycles. The highest BCUT2D eigenvalue weighted by Crippen LogP contribution is 2.34. The number of likely N-dealkylation sites (N-methyl/N-ethyl adjacent to an activating group) is 2. The molecule has 44 heavy (non-hydrogen) atoms. The Bertz CT molecular complexity index is 1170. The SMILES string of the molecule is C/C=C(\C)N(CC)C(=O)c1c(C)c(C(F)(F)F)nn1-c1cccc(C=O)c1.C=CCNC.CC=O.CN.CN1CCC(O)C1. The molecule has 1 saturated heterocycles. The summed E-state index contributed by atoms with van der Waals surface area (Å²) in [6.45, 7) is 14.4. The van der Waals surface area contributed by atoms with Crippen molar-refractivity contribution < 1.29 is 32.7 Å². The van der Waals surface area contributed by atoms with Crippen molar-refractivity contribution >= 4 is 18.5 Å². The van der Waals surface area contributed by atoms with Gasteiger partial charge in [-0.3, -0.25) is 9.59 Å². The molecule has 1 aromatic carbocycles. The first-order valence-electron chi connectivity index (χ1n) is 14.0. The van der Waals surface area contributed by atoms with E-state index in [0.717, 1.165) is 37.0 Å². The average Bonchev–Trinajstić information content (AvgIpc) is 3.56. The number of aromatic nitrogens is 2. The fraction of sp³-hybridized carbons (Fsp3) is 0.484. The topological polar surface area (TPSA) is 134 Å². The van der Waals surface area contributed by atoms with Gasteiger partial charge in [0.1, 0.15) is 18.3 Å². The molecule has 2 heterocycles. The maximum absolute atomic E-state index is 13.4. The summed E-state index contributed by atoms with van der Waals surface area (Å²) in [5, 5.41) is 15.4. The van der Waals surface area contributed by atoms with Crippen LogP contribution < -0.4 is 11.1 Å². The first kappa shape index (κ1) is 42.5. The molecule has 10 nitrogen and oxygen atoms in total. The molecule has 248 valence electrons. The van der Waals surface area contributed by atoms with E-state index in [-0.39, 0.29) is 35.2 Å². The van der Waals surface area contributed by atoms with E-state index in [1.807, 2.05) is 20.2 Å². The maximum Gasteiger partial charge on any atom is 0.435 e. The van der Waals surface area contributed by atoms with Crippen molar-refractivity contribution in [2.75, 3.05) is 47.3 Å². The van der Waals surface area contributed by atoms with Crippen molar-refractivity contribution in [2.24, 2.45) is 5.73 Å². The minimum atomic E-state index is -4.71. The zero-order chi connectivity index (χ0) is 34.5. The summed E-state index contributed by atoms with van der Waals surface area (Å²) in [4.78, 5) is 36.4. The molecular weight excluding hydrogens is 577 g/mol. The van der Waals surface area contributed by atoms with Crippen LogP contribution in [0.4, 0.5) is 13.2 Å². The molecule has 3 rings (SSSR count). The van der Waals surface area contributed by atoms with Crippen LogP contribution in [0.3, 0.4) is 0 Å². The zero-order valence-corrected chi connectivity index (χ0v) is 27.1. The van der Waals surface area contributed by atoms with E-state index in [2.05, 4.69) is 27.6 Å². The molecule has 1 atom stereocenters. The summed E-state index contributed by atoms with van der Waals surface area (Å²) in [6, 6.07) is 5.91. The summed E-state index contributed by atoms with van der Waals surface area (Å²) < 4.78 is 41.2. The third-order valence-corrected chi connectivity index (χ3v) is 5.96. The number of carbonyl (C=O) groups excluding carboxylic acids is 3. The van der Waals surface area contributed by atoms with E-state index in [9.17, 15) is 22.8 Å². The van der Waals surface area contributed by atoms with Gasteiger partial charge in [0.2, 0.25) is 0 Å². The highest BCUT2D eigenvalue weighted by atomic mass is 19.4. The quantitative estimate of drug-likeness (QED) is 0.307. The number of rotatable bonds is 7. The Morgan fingerprint density at radius 2 is 1.86 bits per heavy atom. The summed E-state index contributed by atoms with van der Waals surface area (Å²) >= 11 is 0. The van der Waals surface area contributed by atoms with Crippen LogP contribution in [0.5, 0.6) is 0 Å². The summed E-state index contributed by atoms with van der Waals surface area (Å²) in [5.41, 5.74) is 4.02. The molecule has 0 spiro atoms. The van der Waals surface area contributed by atoms with Crippen molar-refractivity contribution in [3.63, 3.8) is 0 Å². The van der Waals surface area contributed by atoms with Gasteiger partial charge in [0.05, 0.1) is 11.8 Å². The van der Waals surface area contributed by atoms with Gasteiger partial charge in [0.25, 0.3) is 5.91 Å². The molecule has 0 aliphatic carbocycles. The predicted molar refractivity (Wildman–Crippen MR) is 169 cm³/mol. The lowest BCUT2D eigenvalue weighted by atomic mass is 10.1. The molecule has 0 saturated carbocycles. The average molecular weight is 627 g/mol. The highest BCUT2D eigenvalue weighted by molar-refractivity contribution is 5.96. The number of aldehydes is 2. The molecule has 2 aromatic rings. The van der Waals surface area contributed by atoms with Crippen molar-refractivity contribution in [3.8, 4) is 5.69 Å². The number of β-amino-alcohol motifs (C(OH)–C–C–N with tert-alkyl or cyclic N) is 1. The number of aliphatic hydroxyl groups excluding tert-OH is 1. The summed E-state index contributed by atoms with van der Waals surface area (Å²) in [7, 11) is 5.41. The number of halogens is 3. The third kappa shape index (κ3) is 14.2. The fourth-order valence-corrected chi connectivity index (χ4v) is 3.83. The van der Waals surface area contributed by atoms with Gasteiger partial charge in [-0.2, -0.15) is 18.3 Å². The summed E-state index contributed by atoms with van der Waals surface area (Å²) in [6.07, 6.45) is 1.05. The molecule has 0 radical (unpaired) electrons. The van der Waals surface area contributed by atoms with Gasteiger partial charge in [-0.25, -0.2) is 4.68 Å². The van der Waals surface area contributed by atoms with E-state index < -0.39 is 17.8 Å². The van der Waals surface area contributed by atoms with E-state index in [1.165, 1.54) is 50.1 Å². The standard InChI is InChI=1S/C19H20F3N3O2.C5H11NO.C4H9N.C2H4O.CH5N/c1-5-12(3)24(6-2)18(27)16-13(4)17(19(20,21)22)23-25(16)15-9-7-8-14(10-15)11-26;1-6-3-2-5(7)4-6;1-3-4-5-2;1-2-3;1-2/h5,7-11H,6H2,1-4H3;5,7H,2-4H2,1H3;3,5H,1,4H2,2H3;2H,1H3;2H2,1H3/b12-5+;;;;. The van der Waals surface area contributed by atoms with Crippen molar-refractivity contribution in [1.82, 2.24) is 24.9 Å². The number of nitrogens with zero attached hydrogens (tertiary/aromatic N) is 4. The number of amides is 1. The molecule has 13 heteroatoms. The molecule has 1 aromatic heterocycles. The van der Waals surface area contributed by atoms with E-state index >= 15 is 0 Å². The molecular formula is C31H49F3N6O4. The molecule has 1 unspecified atom stereocenters. The van der Waals surface area contributed by atoms with Crippen LogP contribution in [0.25, 0.3) is 5.69 Å². The van der Waals surface area contributed by atoms with Crippen molar-refractivity contribution in [3.05, 3.63) is 71.2 Å². The Hall–Kier alpha value is -3.65. The Labute approximate surface area is 259 Å². The van der Waals surface area contributed by atoms with Gasteiger partial charge in [-0.15, -0.1) is 6.58 Å². The number of nitrogens with two attached hydrogens (primary N) is 1. The van der Waals surface area contributed by atoms with Crippen LogP contribution in [0.15, 0.2) is 48.7 Å². The minimum absolute atomic E-state index is 0.0509. The van der Waals surface area contributed by atoms with Crippen molar-refractivity contribution in [1.29, 1.82) is 0 Å². The Morgan fingerprint density at radius 1 is 1.27 bits per heavy atom. The second kappa shape index (κ2) is 22.8. The van der Waals surface area contributed by atoms with Gasteiger partial charge in [-0.1, -0.05) is 24.3 Å². The van der Waals surface area contributed by atoms with Crippen LogP contribution in [0.1, 0.15) is 66.2 Å². The second-order valence-corrected chi connectivity index (χ2v) is 9.21. The smallest absolute Gasteiger partial charge is 0.392 e. The van der Waals surface area contributed by atoms with Crippen molar-refractivity contribution in [2.45, 2.75) is 53.3 Å². The highest BCUT2D eigenvalue weighted by Gasteiger charge is 2.40. The van der Waals surface area contributed by atoms with Crippen LogP contribution in [0, 0.1) is 6.92 Å². The predicted octanol–water partition coefficient (Wildman–Crippen LogP) is 4.25. The Balaban J connectivity index is 0. The molecule has 1 amide bonds. The molecule has 0 bridgehead atoms. The molecule has 1 fully saturated rings. The monoisotopic (exact) mass is 626 g/mol. The number of carbonyl (C=O) groups is 3. The van der Waals surface area contributed by atoms with E-state index in [0.29, 0.717) is 12.0 Å². The van der Waals surface area contributed by atoms with E-state index in [1.54, 1.807) is 26.8 Å². The lowest BCUT2D eigenvalue weighted by molar-refractivity contribution is -0.141. The number of benzene rings is 1. The van der Waals surface area contributed by atoms with Crippen LogP contribution >= 0.6 is 0 Å². The van der Waals surface area contributed by atoms with Gasteiger partial charge >= 0.3 is 6.18 Å². The number of aliphatic hydroxyl groups is 1. The van der Waals surface area contributed by atoms with Gasteiger partial charge in [0, 0.05) is 43.0 Å². The van der Waals surface area contributed by atoms with Gasteiger partial charge < -0.3 is 30.8 Å². The number of hydrogen-bond donors (Lipinski definition) is 3. The first-order chi connectivity index (χ1) is 20.8. The lowest BCUT2D eigenvalue weighted by Crippen LogP contribution is -2.31. The van der Waals surface area contributed by atoms with Crippen LogP contribution in [-0.2, 0) is 11.0 Å². The Morgan fingerprint density at radius 3 is 2.20 bits per heavy atom. The number of likely N-dealkylation sites (tertiary alicyclic amines) is 1. The molecule has 1 aliphatic rings.